The minimum absolute atomic E-state index is 0.00776. The minimum Gasteiger partial charge on any atom is -0.393 e. The number of aliphatic hydroxyl groups is 1. The fourth-order valence-corrected chi connectivity index (χ4v) is 8.40. The molecule has 7 atom stereocenters. The van der Waals surface area contributed by atoms with E-state index in [1.807, 2.05) is 14.1 Å². The van der Waals surface area contributed by atoms with E-state index in [1.54, 1.807) is 16.0 Å². The molecular weight excluding hydrogens is 382 g/mol. The predicted molar refractivity (Wildman–Crippen MR) is 127 cm³/mol. The average Bonchev–Trinajstić information content (AvgIpc) is 3.06. The largest absolute Gasteiger partial charge is 0.393 e. The number of amides is 1. The maximum absolute atomic E-state index is 12.1. The van der Waals surface area contributed by atoms with Gasteiger partial charge in [0, 0.05) is 26.4 Å². The third kappa shape index (κ3) is 3.45. The summed E-state index contributed by atoms with van der Waals surface area (Å²) in [6.45, 7) is 12.0. The number of aliphatic hydroxyl groups excluding tert-OH is 1. The monoisotopic (exact) mass is 427 g/mol. The van der Waals surface area contributed by atoms with E-state index in [4.69, 9.17) is 0 Å². The molecule has 0 aromatic carbocycles. The van der Waals surface area contributed by atoms with Crippen LogP contribution < -0.4 is 0 Å². The van der Waals surface area contributed by atoms with E-state index in [2.05, 4.69) is 46.8 Å². The maximum atomic E-state index is 12.1. The van der Waals surface area contributed by atoms with Crippen LogP contribution in [0.15, 0.2) is 23.3 Å². The number of carbonyl (C=O) groups excluding carboxylic acids is 1. The topological polar surface area (TPSA) is 40.5 Å². The lowest BCUT2D eigenvalue weighted by molar-refractivity contribution is -0.129. The van der Waals surface area contributed by atoms with E-state index < -0.39 is 0 Å². The van der Waals surface area contributed by atoms with Crippen LogP contribution in [-0.2, 0) is 4.79 Å². The molecule has 0 radical (unpaired) electrons. The number of carbonyl (C=O) groups is 1. The first-order valence-corrected chi connectivity index (χ1v) is 12.7. The zero-order chi connectivity index (χ0) is 22.8. The number of nitrogens with zero attached hydrogens (tertiary/aromatic N) is 1. The van der Waals surface area contributed by atoms with E-state index >= 15 is 0 Å². The number of hydrogen-bond acceptors (Lipinski definition) is 2. The van der Waals surface area contributed by atoms with Crippen molar-refractivity contribution in [3.05, 3.63) is 23.3 Å². The van der Waals surface area contributed by atoms with Crippen molar-refractivity contribution in [1.82, 2.24) is 4.90 Å². The van der Waals surface area contributed by atoms with Crippen LogP contribution in [0.5, 0.6) is 0 Å². The van der Waals surface area contributed by atoms with Crippen molar-refractivity contribution in [3.8, 4) is 0 Å². The quantitative estimate of drug-likeness (QED) is 0.560. The van der Waals surface area contributed by atoms with Gasteiger partial charge < -0.3 is 10.0 Å². The summed E-state index contributed by atoms with van der Waals surface area (Å²) in [5.41, 5.74) is 4.06. The van der Waals surface area contributed by atoms with Crippen LogP contribution in [0.4, 0.5) is 0 Å². The second-order valence-electron chi connectivity index (χ2n) is 12.6. The van der Waals surface area contributed by atoms with E-state index in [0.717, 1.165) is 19.3 Å². The molecule has 1 saturated carbocycles. The Hall–Kier alpha value is -1.09. The molecule has 4 rings (SSSR count). The SMILES string of the molecule is C[C@H](CCC(=O)N(C)C)[C@H]1C=C[C@@H]2C3=C(CC[C@@]21C)[C@@]1(C)CC[C@H](O)C(C)(C)[C@@H]1CC3. The summed E-state index contributed by atoms with van der Waals surface area (Å²) in [7, 11) is 3.72. The van der Waals surface area contributed by atoms with Gasteiger partial charge in [-0.05, 0) is 78.9 Å². The molecule has 174 valence electrons. The van der Waals surface area contributed by atoms with Gasteiger partial charge in [-0.3, -0.25) is 4.79 Å². The summed E-state index contributed by atoms with van der Waals surface area (Å²) in [6, 6.07) is 0. The zero-order valence-corrected chi connectivity index (χ0v) is 21.0. The van der Waals surface area contributed by atoms with Gasteiger partial charge >= 0.3 is 0 Å². The van der Waals surface area contributed by atoms with Crippen molar-refractivity contribution < 1.29 is 9.90 Å². The van der Waals surface area contributed by atoms with Gasteiger partial charge in [0.2, 0.25) is 5.91 Å². The van der Waals surface area contributed by atoms with E-state index in [1.165, 1.54) is 25.7 Å². The summed E-state index contributed by atoms with van der Waals surface area (Å²) in [5, 5.41) is 10.7. The molecule has 1 fully saturated rings. The van der Waals surface area contributed by atoms with Crippen molar-refractivity contribution in [2.45, 2.75) is 92.1 Å². The second-order valence-corrected chi connectivity index (χ2v) is 12.6. The van der Waals surface area contributed by atoms with Gasteiger partial charge in [0.15, 0.2) is 0 Å². The molecule has 0 bridgehead atoms. The molecule has 3 heteroatoms. The molecule has 0 aromatic heterocycles. The molecule has 31 heavy (non-hydrogen) atoms. The van der Waals surface area contributed by atoms with E-state index in [0.29, 0.717) is 35.5 Å². The van der Waals surface area contributed by atoms with Crippen molar-refractivity contribution in [3.63, 3.8) is 0 Å². The summed E-state index contributed by atoms with van der Waals surface area (Å²) in [4.78, 5) is 13.9. The van der Waals surface area contributed by atoms with Crippen molar-refractivity contribution in [2.24, 2.45) is 39.9 Å². The Kier molecular flexibility index (Phi) is 5.77. The van der Waals surface area contributed by atoms with Gasteiger partial charge in [0.05, 0.1) is 6.10 Å². The first-order chi connectivity index (χ1) is 14.4. The van der Waals surface area contributed by atoms with Crippen molar-refractivity contribution in [1.29, 1.82) is 0 Å². The van der Waals surface area contributed by atoms with Gasteiger partial charge in [-0.15, -0.1) is 0 Å². The highest BCUT2D eigenvalue weighted by Crippen LogP contribution is 2.66. The van der Waals surface area contributed by atoms with Gasteiger partial charge in [-0.2, -0.15) is 0 Å². The van der Waals surface area contributed by atoms with E-state index in [-0.39, 0.29) is 22.8 Å². The Bertz CT molecular complexity index is 793. The van der Waals surface area contributed by atoms with Crippen molar-refractivity contribution >= 4 is 5.91 Å². The van der Waals surface area contributed by atoms with Gasteiger partial charge in [0.25, 0.3) is 0 Å². The highest BCUT2D eigenvalue weighted by Gasteiger charge is 2.58. The van der Waals surface area contributed by atoms with Gasteiger partial charge in [-0.1, -0.05) is 57.9 Å². The molecule has 0 aromatic rings. The Morgan fingerprint density at radius 2 is 1.84 bits per heavy atom. The van der Waals surface area contributed by atoms with Gasteiger partial charge in [-0.25, -0.2) is 0 Å². The summed E-state index contributed by atoms with van der Waals surface area (Å²) in [6.07, 6.45) is 13.5. The smallest absolute Gasteiger partial charge is 0.222 e. The first-order valence-electron chi connectivity index (χ1n) is 12.7. The Balaban J connectivity index is 1.57. The van der Waals surface area contributed by atoms with Crippen LogP contribution in [0.3, 0.4) is 0 Å². The predicted octanol–water partition coefficient (Wildman–Crippen LogP) is 5.99. The normalized spacial score (nSPS) is 41.9. The zero-order valence-electron chi connectivity index (χ0n) is 21.0. The Morgan fingerprint density at radius 1 is 1.13 bits per heavy atom. The standard InChI is InChI=1S/C28H45NO2/c1-18(8-13-25(31)29(6)7)20-10-11-21-19-9-12-23-26(2,3)24(30)15-17-28(23,5)22(19)14-16-27(20,21)4/h10-11,18,20-21,23-24,30H,8-9,12-17H2,1-7H3/t18-,20-,21-,23+,24+,27-,28-/m1/s1. The van der Waals surface area contributed by atoms with Crippen LogP contribution in [0, 0.1) is 39.9 Å². The molecule has 4 aliphatic carbocycles. The third-order valence-corrected chi connectivity index (χ3v) is 10.4. The molecule has 0 unspecified atom stereocenters. The fraction of sp³-hybridized carbons (Fsp3) is 0.821. The van der Waals surface area contributed by atoms with E-state index in [9.17, 15) is 9.90 Å². The molecular formula is C28H45NO2. The lowest BCUT2D eigenvalue weighted by Gasteiger charge is -2.60. The molecule has 0 saturated heterocycles. The summed E-state index contributed by atoms with van der Waals surface area (Å²) in [5.74, 6) is 2.51. The van der Waals surface area contributed by atoms with Gasteiger partial charge in [0.1, 0.15) is 0 Å². The molecule has 1 N–H and O–H groups in total. The van der Waals surface area contributed by atoms with Crippen LogP contribution in [0.25, 0.3) is 0 Å². The minimum atomic E-state index is -0.164. The molecule has 1 amide bonds. The fourth-order valence-electron chi connectivity index (χ4n) is 8.40. The number of allylic oxidation sites excluding steroid dienone is 4. The van der Waals surface area contributed by atoms with Crippen LogP contribution in [-0.4, -0.2) is 36.1 Å². The second kappa shape index (κ2) is 7.75. The average molecular weight is 428 g/mol. The van der Waals surface area contributed by atoms with Crippen molar-refractivity contribution in [2.75, 3.05) is 14.1 Å². The maximum Gasteiger partial charge on any atom is 0.222 e. The number of hydrogen-bond donors (Lipinski definition) is 1. The summed E-state index contributed by atoms with van der Waals surface area (Å²) < 4.78 is 0. The highest BCUT2D eigenvalue weighted by atomic mass is 16.3. The lowest BCUT2D eigenvalue weighted by atomic mass is 9.45. The molecule has 4 aliphatic rings. The lowest BCUT2D eigenvalue weighted by Crippen LogP contribution is -2.53. The molecule has 0 spiro atoms. The third-order valence-electron chi connectivity index (χ3n) is 10.4. The Morgan fingerprint density at radius 3 is 2.52 bits per heavy atom. The highest BCUT2D eigenvalue weighted by molar-refractivity contribution is 5.75. The Labute approximate surface area is 190 Å². The first kappa shape index (κ1) is 23.1. The number of rotatable bonds is 4. The van der Waals surface area contributed by atoms with Crippen LogP contribution in [0.2, 0.25) is 0 Å². The van der Waals surface area contributed by atoms with Crippen LogP contribution >= 0.6 is 0 Å². The molecule has 0 aliphatic heterocycles. The molecule has 3 nitrogen and oxygen atoms in total. The molecule has 0 heterocycles. The van der Waals surface area contributed by atoms with Crippen LogP contribution in [0.1, 0.15) is 86.0 Å². The summed E-state index contributed by atoms with van der Waals surface area (Å²) >= 11 is 0. The number of fused-ring (bicyclic) bond motifs is 4.